The fourth-order valence-corrected chi connectivity index (χ4v) is 0.903. The molecule has 2 nitrogen and oxygen atoms in total. The third kappa shape index (κ3) is 2.12. The molecule has 0 fully saturated rings. The highest BCUT2D eigenvalue weighted by atomic mass is 16.3. The zero-order valence-electron chi connectivity index (χ0n) is 6.85. The van der Waals surface area contributed by atoms with E-state index in [9.17, 15) is 5.11 Å². The predicted molar refractivity (Wildman–Crippen MR) is 43.7 cm³/mol. The Labute approximate surface area is 62.7 Å². The smallest absolute Gasteiger partial charge is 0.0973 e. The van der Waals surface area contributed by atoms with Crippen molar-refractivity contribution in [3.63, 3.8) is 0 Å². The third-order valence-electron chi connectivity index (χ3n) is 1.80. The molecule has 1 atom stereocenters. The van der Waals surface area contributed by atoms with Crippen molar-refractivity contribution in [2.75, 3.05) is 6.54 Å². The predicted octanol–water partition coefficient (Wildman–Crippen LogP) is 1.05. The molecule has 0 saturated carbocycles. The van der Waals surface area contributed by atoms with Crippen LogP contribution in [0.2, 0.25) is 0 Å². The zero-order chi connectivity index (χ0) is 8.20. The molecule has 0 radical (unpaired) electrons. The molecule has 0 rings (SSSR count). The molecule has 2 heteroatoms. The van der Waals surface area contributed by atoms with E-state index >= 15 is 0 Å². The Balaban J connectivity index is 4.08. The van der Waals surface area contributed by atoms with Gasteiger partial charge in [0.05, 0.1) is 5.60 Å². The highest BCUT2D eigenvalue weighted by molar-refractivity contribution is 5.09. The molecule has 0 aliphatic carbocycles. The maximum absolute atomic E-state index is 9.67. The lowest BCUT2D eigenvalue weighted by molar-refractivity contribution is 0.0776. The minimum absolute atomic E-state index is 0.274. The van der Waals surface area contributed by atoms with Gasteiger partial charge in [0.2, 0.25) is 0 Å². The molecule has 60 valence electrons. The minimum atomic E-state index is -0.825. The van der Waals surface area contributed by atoms with Crippen LogP contribution in [0.1, 0.15) is 26.7 Å². The molecular formula is C8H17NO. The lowest BCUT2D eigenvalue weighted by atomic mass is 9.91. The van der Waals surface area contributed by atoms with Crippen LogP contribution >= 0.6 is 0 Å². The van der Waals surface area contributed by atoms with E-state index in [-0.39, 0.29) is 6.54 Å². The SMILES string of the molecule is C=C(C)C(O)(CN)CCC. The lowest BCUT2D eigenvalue weighted by Gasteiger charge is -2.26. The van der Waals surface area contributed by atoms with Gasteiger partial charge in [0.1, 0.15) is 0 Å². The first-order valence-electron chi connectivity index (χ1n) is 3.65. The van der Waals surface area contributed by atoms with E-state index in [4.69, 9.17) is 5.73 Å². The van der Waals surface area contributed by atoms with E-state index in [0.717, 1.165) is 12.0 Å². The summed E-state index contributed by atoms with van der Waals surface area (Å²) in [6, 6.07) is 0. The van der Waals surface area contributed by atoms with Crippen molar-refractivity contribution in [1.82, 2.24) is 0 Å². The van der Waals surface area contributed by atoms with Crippen LogP contribution in [0, 0.1) is 0 Å². The molecule has 0 aromatic rings. The standard InChI is InChI=1S/C8H17NO/c1-4-5-8(10,6-9)7(2)3/h10H,2,4-6,9H2,1,3H3. The highest BCUT2D eigenvalue weighted by Gasteiger charge is 2.24. The Morgan fingerprint density at radius 3 is 2.30 bits per heavy atom. The molecule has 0 aliphatic rings. The maximum atomic E-state index is 9.67. The normalized spacial score (nSPS) is 16.4. The molecule has 0 saturated heterocycles. The lowest BCUT2D eigenvalue weighted by Crippen LogP contribution is -2.38. The average Bonchev–Trinajstić information content (AvgIpc) is 1.88. The summed E-state index contributed by atoms with van der Waals surface area (Å²) >= 11 is 0. The second-order valence-electron chi connectivity index (χ2n) is 2.77. The van der Waals surface area contributed by atoms with Crippen LogP contribution in [0.4, 0.5) is 0 Å². The number of aliphatic hydroxyl groups is 1. The summed E-state index contributed by atoms with van der Waals surface area (Å²) in [6.07, 6.45) is 1.64. The van der Waals surface area contributed by atoms with E-state index < -0.39 is 5.60 Å². The molecule has 0 heterocycles. The van der Waals surface area contributed by atoms with Gasteiger partial charge in [0, 0.05) is 6.54 Å². The summed E-state index contributed by atoms with van der Waals surface area (Å²) in [5.74, 6) is 0. The van der Waals surface area contributed by atoms with E-state index in [1.807, 2.05) is 13.8 Å². The van der Waals surface area contributed by atoms with Crippen molar-refractivity contribution < 1.29 is 5.11 Å². The van der Waals surface area contributed by atoms with Crippen molar-refractivity contribution in [1.29, 1.82) is 0 Å². The Kier molecular flexibility index (Phi) is 3.61. The molecule has 0 aliphatic heterocycles. The van der Waals surface area contributed by atoms with E-state index in [1.54, 1.807) is 0 Å². The second kappa shape index (κ2) is 3.74. The molecule has 10 heavy (non-hydrogen) atoms. The molecule has 0 amide bonds. The average molecular weight is 143 g/mol. The van der Waals surface area contributed by atoms with Crippen LogP contribution < -0.4 is 5.73 Å². The van der Waals surface area contributed by atoms with Gasteiger partial charge in [-0.1, -0.05) is 19.9 Å². The first-order chi connectivity index (χ1) is 4.56. The van der Waals surface area contributed by atoms with Gasteiger partial charge in [0.15, 0.2) is 0 Å². The van der Waals surface area contributed by atoms with Crippen molar-refractivity contribution in [3.05, 3.63) is 12.2 Å². The van der Waals surface area contributed by atoms with E-state index in [1.165, 1.54) is 0 Å². The summed E-state index contributed by atoms with van der Waals surface area (Å²) in [4.78, 5) is 0. The van der Waals surface area contributed by atoms with Gasteiger partial charge in [-0.2, -0.15) is 0 Å². The first kappa shape index (κ1) is 9.66. The fourth-order valence-electron chi connectivity index (χ4n) is 0.903. The van der Waals surface area contributed by atoms with Gasteiger partial charge in [-0.25, -0.2) is 0 Å². The number of hydrogen-bond acceptors (Lipinski definition) is 2. The van der Waals surface area contributed by atoms with Gasteiger partial charge in [-0.05, 0) is 18.9 Å². The van der Waals surface area contributed by atoms with Crippen molar-refractivity contribution in [2.45, 2.75) is 32.3 Å². The maximum Gasteiger partial charge on any atom is 0.0973 e. The highest BCUT2D eigenvalue weighted by Crippen LogP contribution is 2.18. The molecule has 0 bridgehead atoms. The Morgan fingerprint density at radius 2 is 2.20 bits per heavy atom. The first-order valence-corrected chi connectivity index (χ1v) is 3.65. The topological polar surface area (TPSA) is 46.2 Å². The van der Waals surface area contributed by atoms with Gasteiger partial charge < -0.3 is 10.8 Å². The summed E-state index contributed by atoms with van der Waals surface area (Å²) in [5, 5.41) is 9.67. The molecular weight excluding hydrogens is 126 g/mol. The molecule has 0 aromatic carbocycles. The van der Waals surface area contributed by atoms with Crippen LogP contribution in [0.5, 0.6) is 0 Å². The Bertz CT molecular complexity index is 122. The fraction of sp³-hybridized carbons (Fsp3) is 0.750. The summed E-state index contributed by atoms with van der Waals surface area (Å²) < 4.78 is 0. The third-order valence-corrected chi connectivity index (χ3v) is 1.80. The Morgan fingerprint density at radius 1 is 1.70 bits per heavy atom. The van der Waals surface area contributed by atoms with Crippen LogP contribution in [0.3, 0.4) is 0 Å². The molecule has 3 N–H and O–H groups in total. The Hall–Kier alpha value is -0.340. The zero-order valence-corrected chi connectivity index (χ0v) is 6.85. The second-order valence-corrected chi connectivity index (χ2v) is 2.77. The minimum Gasteiger partial charge on any atom is -0.384 e. The van der Waals surface area contributed by atoms with Gasteiger partial charge >= 0.3 is 0 Å². The summed E-state index contributed by atoms with van der Waals surface area (Å²) in [6.45, 7) is 7.79. The van der Waals surface area contributed by atoms with E-state index in [0.29, 0.717) is 6.42 Å². The number of rotatable bonds is 4. The molecule has 0 aromatic heterocycles. The summed E-state index contributed by atoms with van der Waals surface area (Å²) in [5.41, 5.74) is 5.32. The van der Waals surface area contributed by atoms with Gasteiger partial charge in [-0.15, -0.1) is 0 Å². The van der Waals surface area contributed by atoms with Crippen LogP contribution in [-0.2, 0) is 0 Å². The van der Waals surface area contributed by atoms with Gasteiger partial charge in [-0.3, -0.25) is 0 Å². The largest absolute Gasteiger partial charge is 0.384 e. The molecule has 1 unspecified atom stereocenters. The van der Waals surface area contributed by atoms with Crippen LogP contribution in [-0.4, -0.2) is 17.3 Å². The van der Waals surface area contributed by atoms with Crippen LogP contribution in [0.15, 0.2) is 12.2 Å². The van der Waals surface area contributed by atoms with Crippen molar-refractivity contribution in [3.8, 4) is 0 Å². The van der Waals surface area contributed by atoms with Gasteiger partial charge in [0.25, 0.3) is 0 Å². The van der Waals surface area contributed by atoms with Crippen molar-refractivity contribution >= 4 is 0 Å². The van der Waals surface area contributed by atoms with Crippen LogP contribution in [0.25, 0.3) is 0 Å². The monoisotopic (exact) mass is 143 g/mol. The quantitative estimate of drug-likeness (QED) is 0.578. The number of hydrogen-bond donors (Lipinski definition) is 2. The van der Waals surface area contributed by atoms with Crippen molar-refractivity contribution in [2.24, 2.45) is 5.73 Å². The van der Waals surface area contributed by atoms with E-state index in [2.05, 4.69) is 6.58 Å². The summed E-state index contributed by atoms with van der Waals surface area (Å²) in [7, 11) is 0. The molecule has 0 spiro atoms. The number of nitrogens with two attached hydrogens (primary N) is 1.